The maximum Gasteiger partial charge on any atom is 0.253 e. The van der Waals surface area contributed by atoms with Crippen LogP contribution in [-0.4, -0.2) is 17.4 Å². The van der Waals surface area contributed by atoms with Gasteiger partial charge in [0, 0.05) is 12.7 Å². The van der Waals surface area contributed by atoms with Gasteiger partial charge in [-0.3, -0.25) is 15.6 Å². The van der Waals surface area contributed by atoms with Gasteiger partial charge < -0.3 is 10.7 Å². The van der Waals surface area contributed by atoms with Gasteiger partial charge >= 0.3 is 0 Å². The van der Waals surface area contributed by atoms with Crippen molar-refractivity contribution in [2.24, 2.45) is 11.8 Å². The summed E-state index contributed by atoms with van der Waals surface area (Å²) >= 11 is 0. The number of hydrogen-bond donors (Lipinski definition) is 3. The molecule has 4 N–H and O–H groups in total. The molecule has 0 spiro atoms. The van der Waals surface area contributed by atoms with Crippen LogP contribution < -0.4 is 16.6 Å². The third kappa shape index (κ3) is 2.94. The number of anilines is 1. The number of hydrogen-bond acceptors (Lipinski definition) is 4. The van der Waals surface area contributed by atoms with Crippen molar-refractivity contribution in [1.82, 2.24) is 10.3 Å². The average molecular weight is 234 g/mol. The Morgan fingerprint density at radius 3 is 2.94 bits per heavy atom. The number of aromatic nitrogens is 1. The Morgan fingerprint density at radius 2 is 2.24 bits per heavy atom. The minimum atomic E-state index is -0.0905. The molecule has 0 bridgehead atoms. The predicted octanol–water partition coefficient (Wildman–Crippen LogP) is 1.29. The summed E-state index contributed by atoms with van der Waals surface area (Å²) in [7, 11) is 0. The van der Waals surface area contributed by atoms with E-state index >= 15 is 0 Å². The van der Waals surface area contributed by atoms with E-state index < -0.39 is 0 Å². The highest BCUT2D eigenvalue weighted by Crippen LogP contribution is 2.23. The standard InChI is InChI=1S/C12H18N4O/c13-16-11-8-14-6-5-10(11)12(17)15-7-9-3-1-2-4-9/h5-6,8-9,16H,1-4,7,13H2,(H,15,17). The van der Waals surface area contributed by atoms with Crippen LogP contribution in [0.5, 0.6) is 0 Å². The zero-order valence-corrected chi connectivity index (χ0v) is 9.78. The highest BCUT2D eigenvalue weighted by atomic mass is 16.1. The number of nitrogens with one attached hydrogen (secondary N) is 2. The van der Waals surface area contributed by atoms with Crippen LogP contribution in [0.3, 0.4) is 0 Å². The molecule has 1 fully saturated rings. The second-order valence-electron chi connectivity index (χ2n) is 4.43. The van der Waals surface area contributed by atoms with E-state index in [0.717, 1.165) is 6.54 Å². The molecule has 2 rings (SSSR count). The number of carbonyl (C=O) groups excluding carboxylic acids is 1. The molecule has 1 aromatic rings. The van der Waals surface area contributed by atoms with Gasteiger partial charge in [0.25, 0.3) is 5.91 Å². The van der Waals surface area contributed by atoms with E-state index in [4.69, 9.17) is 5.84 Å². The Morgan fingerprint density at radius 1 is 1.47 bits per heavy atom. The Hall–Kier alpha value is -1.62. The van der Waals surface area contributed by atoms with Crippen LogP contribution >= 0.6 is 0 Å². The molecule has 1 amide bonds. The van der Waals surface area contributed by atoms with E-state index in [1.54, 1.807) is 18.5 Å². The smallest absolute Gasteiger partial charge is 0.253 e. The SMILES string of the molecule is NNc1cnccc1C(=O)NCC1CCCC1. The molecule has 0 radical (unpaired) electrons. The molecule has 92 valence electrons. The van der Waals surface area contributed by atoms with E-state index in [9.17, 15) is 4.79 Å². The van der Waals surface area contributed by atoms with Crippen LogP contribution in [0.2, 0.25) is 0 Å². The zero-order valence-electron chi connectivity index (χ0n) is 9.78. The zero-order chi connectivity index (χ0) is 12.1. The van der Waals surface area contributed by atoms with Gasteiger partial charge in [0.05, 0.1) is 17.4 Å². The number of amides is 1. The summed E-state index contributed by atoms with van der Waals surface area (Å²) < 4.78 is 0. The van der Waals surface area contributed by atoms with Crippen LogP contribution in [0, 0.1) is 5.92 Å². The molecule has 1 aliphatic rings. The Bertz CT molecular complexity index is 388. The van der Waals surface area contributed by atoms with Gasteiger partial charge in [0.15, 0.2) is 0 Å². The first-order valence-corrected chi connectivity index (χ1v) is 6.00. The maximum absolute atomic E-state index is 11.9. The molecule has 5 heteroatoms. The molecule has 1 heterocycles. The van der Waals surface area contributed by atoms with Crippen molar-refractivity contribution in [1.29, 1.82) is 0 Å². The first-order valence-electron chi connectivity index (χ1n) is 6.00. The van der Waals surface area contributed by atoms with Crippen molar-refractivity contribution in [3.05, 3.63) is 24.0 Å². The van der Waals surface area contributed by atoms with Crippen LogP contribution in [0.1, 0.15) is 36.0 Å². The van der Waals surface area contributed by atoms with E-state index in [0.29, 0.717) is 17.2 Å². The predicted molar refractivity (Wildman–Crippen MR) is 66.3 cm³/mol. The third-order valence-corrected chi connectivity index (χ3v) is 3.25. The molecule has 1 aliphatic carbocycles. The molecule has 17 heavy (non-hydrogen) atoms. The van der Waals surface area contributed by atoms with Crippen LogP contribution in [0.25, 0.3) is 0 Å². The van der Waals surface area contributed by atoms with Gasteiger partial charge in [0.1, 0.15) is 0 Å². The van der Waals surface area contributed by atoms with Crippen molar-refractivity contribution in [3.8, 4) is 0 Å². The molecule has 5 nitrogen and oxygen atoms in total. The second-order valence-corrected chi connectivity index (χ2v) is 4.43. The van der Waals surface area contributed by atoms with Crippen LogP contribution in [0.15, 0.2) is 18.5 Å². The highest BCUT2D eigenvalue weighted by Gasteiger charge is 2.17. The van der Waals surface area contributed by atoms with Gasteiger partial charge in [-0.2, -0.15) is 0 Å². The van der Waals surface area contributed by atoms with Gasteiger partial charge in [0.2, 0.25) is 0 Å². The maximum atomic E-state index is 11.9. The monoisotopic (exact) mass is 234 g/mol. The van der Waals surface area contributed by atoms with Gasteiger partial charge in [-0.15, -0.1) is 0 Å². The number of rotatable bonds is 4. The minimum Gasteiger partial charge on any atom is -0.352 e. The fraction of sp³-hybridized carbons (Fsp3) is 0.500. The van der Waals surface area contributed by atoms with Crippen LogP contribution in [0.4, 0.5) is 5.69 Å². The summed E-state index contributed by atoms with van der Waals surface area (Å²) in [6.07, 6.45) is 8.14. The lowest BCUT2D eigenvalue weighted by molar-refractivity contribution is 0.0948. The minimum absolute atomic E-state index is 0.0905. The summed E-state index contributed by atoms with van der Waals surface area (Å²) in [6.45, 7) is 0.755. The average Bonchev–Trinajstić information content (AvgIpc) is 2.89. The number of hydrazine groups is 1. The Balaban J connectivity index is 1.94. The molecule has 1 aromatic heterocycles. The van der Waals surface area contributed by atoms with Crippen molar-refractivity contribution in [2.75, 3.05) is 12.0 Å². The lowest BCUT2D eigenvalue weighted by Crippen LogP contribution is -2.29. The molecular weight excluding hydrogens is 216 g/mol. The summed E-state index contributed by atoms with van der Waals surface area (Å²) in [4.78, 5) is 15.9. The molecular formula is C12H18N4O. The van der Waals surface area contributed by atoms with E-state index in [1.807, 2.05) is 0 Å². The molecule has 0 aromatic carbocycles. The lowest BCUT2D eigenvalue weighted by atomic mass is 10.1. The van der Waals surface area contributed by atoms with Gasteiger partial charge in [-0.25, -0.2) is 0 Å². The lowest BCUT2D eigenvalue weighted by Gasteiger charge is -2.12. The number of pyridine rings is 1. The highest BCUT2D eigenvalue weighted by molar-refractivity contribution is 5.99. The largest absolute Gasteiger partial charge is 0.352 e. The Kier molecular flexibility index (Phi) is 3.93. The summed E-state index contributed by atoms with van der Waals surface area (Å²) in [6, 6.07) is 1.67. The summed E-state index contributed by atoms with van der Waals surface area (Å²) in [5, 5.41) is 2.95. The molecule has 0 saturated heterocycles. The normalized spacial score (nSPS) is 15.8. The van der Waals surface area contributed by atoms with Crippen molar-refractivity contribution in [3.63, 3.8) is 0 Å². The number of nitrogen functional groups attached to an aromatic ring is 1. The summed E-state index contributed by atoms with van der Waals surface area (Å²) in [5.74, 6) is 5.88. The van der Waals surface area contributed by atoms with E-state index in [1.165, 1.54) is 25.7 Å². The van der Waals surface area contributed by atoms with E-state index in [2.05, 4.69) is 15.7 Å². The van der Waals surface area contributed by atoms with Crippen molar-refractivity contribution in [2.45, 2.75) is 25.7 Å². The quantitative estimate of drug-likeness (QED) is 0.541. The third-order valence-electron chi connectivity index (χ3n) is 3.25. The fourth-order valence-corrected chi connectivity index (χ4v) is 2.25. The second kappa shape index (κ2) is 5.63. The first kappa shape index (κ1) is 11.9. The molecule has 0 atom stereocenters. The number of carbonyl (C=O) groups is 1. The first-order chi connectivity index (χ1) is 8.31. The van der Waals surface area contributed by atoms with Crippen LogP contribution in [-0.2, 0) is 0 Å². The topological polar surface area (TPSA) is 80.0 Å². The number of nitrogens with zero attached hydrogens (tertiary/aromatic N) is 1. The molecule has 0 aliphatic heterocycles. The van der Waals surface area contributed by atoms with Gasteiger partial charge in [-0.1, -0.05) is 12.8 Å². The molecule has 1 saturated carbocycles. The van der Waals surface area contributed by atoms with Crippen molar-refractivity contribution >= 4 is 11.6 Å². The molecule has 0 unspecified atom stereocenters. The fourth-order valence-electron chi connectivity index (χ4n) is 2.25. The van der Waals surface area contributed by atoms with Gasteiger partial charge in [-0.05, 0) is 24.8 Å². The Labute approximate surface area is 101 Å². The summed E-state index contributed by atoms with van der Waals surface area (Å²) in [5.41, 5.74) is 3.58. The van der Waals surface area contributed by atoms with E-state index in [-0.39, 0.29) is 5.91 Å². The number of nitrogens with two attached hydrogens (primary N) is 1. The van der Waals surface area contributed by atoms with Crippen molar-refractivity contribution < 1.29 is 4.79 Å².